The van der Waals surface area contributed by atoms with Crippen LogP contribution in [-0.2, 0) is 16.1 Å². The Kier molecular flexibility index (Phi) is 5.74. The predicted octanol–water partition coefficient (Wildman–Crippen LogP) is 2.24. The molecule has 0 heterocycles. The number of hydrogen-bond acceptors (Lipinski definition) is 3. The smallest absolute Gasteiger partial charge is 0.315 e. The lowest BCUT2D eigenvalue weighted by Gasteiger charge is -2.56. The van der Waals surface area contributed by atoms with Crippen molar-refractivity contribution in [1.29, 1.82) is 0 Å². The Hall–Kier alpha value is -2.57. The molecule has 0 aliphatic heterocycles. The standard InChI is InChI=1S/C22H30N4O3/c27-19(12-22-9-16-6-17(10-22)8-18(7-16)11-22)25-26-20(28)14-24-21(29)23-13-15-4-2-1-3-5-15/h1-5,16-18H,6-14H2,(H,25,27)(H,26,28)(H2,23,24,29). The molecule has 29 heavy (non-hydrogen) atoms. The summed E-state index contributed by atoms with van der Waals surface area (Å²) in [6.45, 7) is 0.189. The fourth-order valence-corrected chi connectivity index (χ4v) is 6.08. The van der Waals surface area contributed by atoms with Crippen LogP contribution in [0.3, 0.4) is 0 Å². The lowest BCUT2D eigenvalue weighted by molar-refractivity contribution is -0.134. The van der Waals surface area contributed by atoms with E-state index in [1.54, 1.807) is 0 Å². The number of benzene rings is 1. The van der Waals surface area contributed by atoms with Crippen LogP contribution in [-0.4, -0.2) is 24.4 Å². The molecular formula is C22H30N4O3. The number of urea groups is 1. The van der Waals surface area contributed by atoms with Crippen LogP contribution in [0.1, 0.15) is 50.5 Å². The van der Waals surface area contributed by atoms with Gasteiger partial charge in [0.15, 0.2) is 0 Å². The van der Waals surface area contributed by atoms with Crippen molar-refractivity contribution >= 4 is 17.8 Å². The molecule has 0 atom stereocenters. The molecule has 0 unspecified atom stereocenters. The fourth-order valence-electron chi connectivity index (χ4n) is 6.08. The highest BCUT2D eigenvalue weighted by atomic mass is 16.2. The van der Waals surface area contributed by atoms with Crippen LogP contribution in [0.25, 0.3) is 0 Å². The number of rotatable bonds is 6. The van der Waals surface area contributed by atoms with Crippen LogP contribution in [0.2, 0.25) is 0 Å². The molecule has 4 aliphatic rings. The Morgan fingerprint density at radius 1 is 0.828 bits per heavy atom. The first-order chi connectivity index (χ1) is 14.0. The number of hydrazine groups is 1. The van der Waals surface area contributed by atoms with E-state index < -0.39 is 11.9 Å². The maximum Gasteiger partial charge on any atom is 0.315 e. The summed E-state index contributed by atoms with van der Waals surface area (Å²) < 4.78 is 0. The van der Waals surface area contributed by atoms with E-state index in [9.17, 15) is 14.4 Å². The zero-order chi connectivity index (χ0) is 20.3. The van der Waals surface area contributed by atoms with Gasteiger partial charge in [0.2, 0.25) is 5.91 Å². The Morgan fingerprint density at radius 3 is 2.03 bits per heavy atom. The van der Waals surface area contributed by atoms with Gasteiger partial charge in [0.1, 0.15) is 6.54 Å². The molecule has 156 valence electrons. The van der Waals surface area contributed by atoms with Gasteiger partial charge in [-0.25, -0.2) is 4.79 Å². The Bertz CT molecular complexity index is 729. The molecule has 0 radical (unpaired) electrons. The Morgan fingerprint density at radius 2 is 1.41 bits per heavy atom. The van der Waals surface area contributed by atoms with E-state index in [1.807, 2.05) is 30.3 Å². The third-order valence-corrected chi connectivity index (χ3v) is 6.75. The molecular weight excluding hydrogens is 368 g/mol. The summed E-state index contributed by atoms with van der Waals surface area (Å²) in [5, 5.41) is 5.18. The third-order valence-electron chi connectivity index (χ3n) is 6.75. The summed E-state index contributed by atoms with van der Waals surface area (Å²) in [5.41, 5.74) is 6.06. The quantitative estimate of drug-likeness (QED) is 0.553. The van der Waals surface area contributed by atoms with Gasteiger partial charge in [-0.1, -0.05) is 30.3 Å². The molecule has 7 heteroatoms. The summed E-state index contributed by atoms with van der Waals surface area (Å²) >= 11 is 0. The molecule has 0 aromatic heterocycles. The molecule has 4 saturated carbocycles. The molecule has 0 saturated heterocycles. The van der Waals surface area contributed by atoms with Crippen molar-refractivity contribution in [2.45, 2.75) is 51.5 Å². The van der Waals surface area contributed by atoms with Crippen molar-refractivity contribution in [2.75, 3.05) is 6.54 Å². The van der Waals surface area contributed by atoms with Gasteiger partial charge in [0.25, 0.3) is 5.91 Å². The van der Waals surface area contributed by atoms with Gasteiger partial charge in [0, 0.05) is 13.0 Å². The minimum absolute atomic E-state index is 0.131. The van der Waals surface area contributed by atoms with Crippen LogP contribution in [0.15, 0.2) is 30.3 Å². The van der Waals surface area contributed by atoms with E-state index >= 15 is 0 Å². The van der Waals surface area contributed by atoms with E-state index in [0.717, 1.165) is 42.6 Å². The number of hydrogen-bond donors (Lipinski definition) is 4. The summed E-state index contributed by atoms with van der Waals surface area (Å²) in [5.74, 6) is 1.80. The molecule has 4 bridgehead atoms. The summed E-state index contributed by atoms with van der Waals surface area (Å²) in [7, 11) is 0. The molecule has 5 rings (SSSR count). The molecule has 1 aromatic carbocycles. The highest BCUT2D eigenvalue weighted by Crippen LogP contribution is 2.61. The van der Waals surface area contributed by atoms with Crippen molar-refractivity contribution < 1.29 is 14.4 Å². The van der Waals surface area contributed by atoms with Crippen molar-refractivity contribution in [3.63, 3.8) is 0 Å². The third kappa shape index (κ3) is 5.08. The first-order valence-corrected chi connectivity index (χ1v) is 10.6. The van der Waals surface area contributed by atoms with Gasteiger partial charge in [-0.2, -0.15) is 0 Å². The summed E-state index contributed by atoms with van der Waals surface area (Å²) in [4.78, 5) is 36.1. The van der Waals surface area contributed by atoms with E-state index in [2.05, 4.69) is 21.5 Å². The first-order valence-electron chi connectivity index (χ1n) is 10.6. The van der Waals surface area contributed by atoms with E-state index in [0.29, 0.717) is 13.0 Å². The maximum atomic E-state index is 12.4. The number of carbonyl (C=O) groups excluding carboxylic acids is 3. The first kappa shape index (κ1) is 19.7. The van der Waals surface area contributed by atoms with Crippen LogP contribution in [0.4, 0.5) is 4.79 Å². The molecule has 0 spiro atoms. The molecule has 1 aromatic rings. The molecule has 4 N–H and O–H groups in total. The normalized spacial score (nSPS) is 29.2. The summed E-state index contributed by atoms with van der Waals surface area (Å²) in [6.07, 6.45) is 7.99. The molecule has 7 nitrogen and oxygen atoms in total. The second-order valence-electron chi connectivity index (χ2n) is 9.21. The van der Waals surface area contributed by atoms with Crippen LogP contribution in [0, 0.1) is 23.2 Å². The number of carbonyl (C=O) groups is 3. The lowest BCUT2D eigenvalue weighted by Crippen LogP contribution is -2.51. The van der Waals surface area contributed by atoms with Crippen LogP contribution < -0.4 is 21.5 Å². The van der Waals surface area contributed by atoms with Crippen LogP contribution in [0.5, 0.6) is 0 Å². The Balaban J connectivity index is 1.13. The number of amides is 4. The Labute approximate surface area is 171 Å². The largest absolute Gasteiger partial charge is 0.334 e. The van der Waals surface area contributed by atoms with Crippen molar-refractivity contribution in [3.05, 3.63) is 35.9 Å². The van der Waals surface area contributed by atoms with E-state index in [-0.39, 0.29) is 17.9 Å². The average molecular weight is 399 g/mol. The van der Waals surface area contributed by atoms with Crippen LogP contribution >= 0.6 is 0 Å². The zero-order valence-electron chi connectivity index (χ0n) is 16.7. The van der Waals surface area contributed by atoms with Crippen molar-refractivity contribution in [2.24, 2.45) is 23.2 Å². The topological polar surface area (TPSA) is 99.3 Å². The van der Waals surface area contributed by atoms with Crippen molar-refractivity contribution in [3.8, 4) is 0 Å². The van der Waals surface area contributed by atoms with E-state index in [1.165, 1.54) is 19.3 Å². The molecule has 4 fully saturated rings. The van der Waals surface area contributed by atoms with Gasteiger partial charge >= 0.3 is 6.03 Å². The maximum absolute atomic E-state index is 12.4. The van der Waals surface area contributed by atoms with E-state index in [4.69, 9.17) is 0 Å². The van der Waals surface area contributed by atoms with Gasteiger partial charge in [-0.05, 0) is 67.3 Å². The SMILES string of the molecule is O=C(CNC(=O)NCc1ccccc1)NNC(=O)CC12CC3CC(CC(C3)C1)C2. The van der Waals surface area contributed by atoms with Gasteiger partial charge < -0.3 is 10.6 Å². The van der Waals surface area contributed by atoms with Gasteiger partial charge in [-0.15, -0.1) is 0 Å². The van der Waals surface area contributed by atoms with Crippen molar-refractivity contribution in [1.82, 2.24) is 21.5 Å². The minimum Gasteiger partial charge on any atom is -0.334 e. The van der Waals surface area contributed by atoms with Gasteiger partial charge in [-0.3, -0.25) is 20.4 Å². The second-order valence-corrected chi connectivity index (χ2v) is 9.21. The predicted molar refractivity (Wildman–Crippen MR) is 108 cm³/mol. The molecule has 4 aliphatic carbocycles. The number of nitrogens with one attached hydrogen (secondary N) is 4. The second kappa shape index (κ2) is 8.43. The fraction of sp³-hybridized carbons (Fsp3) is 0.591. The average Bonchev–Trinajstić information content (AvgIpc) is 2.68. The monoisotopic (exact) mass is 398 g/mol. The zero-order valence-corrected chi connectivity index (χ0v) is 16.7. The minimum atomic E-state index is -0.446. The lowest BCUT2D eigenvalue weighted by atomic mass is 9.49. The highest BCUT2D eigenvalue weighted by Gasteiger charge is 2.51. The highest BCUT2D eigenvalue weighted by molar-refractivity contribution is 5.86. The summed E-state index contributed by atoms with van der Waals surface area (Å²) in [6, 6.07) is 9.09. The molecule has 4 amide bonds. The van der Waals surface area contributed by atoms with Gasteiger partial charge in [0.05, 0.1) is 0 Å².